The molecule has 1 saturated heterocycles. The van der Waals surface area contributed by atoms with Gasteiger partial charge in [0.25, 0.3) is 0 Å². The van der Waals surface area contributed by atoms with Crippen LogP contribution in [0.4, 0.5) is 0 Å². The molecule has 3 heteroatoms. The van der Waals surface area contributed by atoms with Gasteiger partial charge in [0.05, 0.1) is 6.04 Å². The third kappa shape index (κ3) is 2.49. The van der Waals surface area contributed by atoms with Crippen LogP contribution < -0.4 is 5.32 Å². The Morgan fingerprint density at radius 2 is 2.00 bits per heavy atom. The Kier molecular flexibility index (Phi) is 3.36. The fourth-order valence-electron chi connectivity index (χ4n) is 2.74. The van der Waals surface area contributed by atoms with Crippen LogP contribution in [0.2, 0.25) is 0 Å². The van der Waals surface area contributed by atoms with Crippen molar-refractivity contribution in [2.24, 2.45) is 0 Å². The molecule has 2 fully saturated rings. The SMILES string of the molecule is c1cc(C2CCC2)nc(C2CCCCCN2)n1. The molecule has 1 aromatic heterocycles. The van der Waals surface area contributed by atoms with Gasteiger partial charge in [-0.3, -0.25) is 0 Å². The Hall–Kier alpha value is -0.960. The fraction of sp³-hybridized carbons (Fsp3) is 0.714. The molecule has 1 N–H and O–H groups in total. The third-order valence-electron chi connectivity index (χ3n) is 4.09. The Balaban J connectivity index is 1.76. The number of rotatable bonds is 2. The topological polar surface area (TPSA) is 37.8 Å². The van der Waals surface area contributed by atoms with Crippen LogP contribution in [0.15, 0.2) is 12.3 Å². The van der Waals surface area contributed by atoms with E-state index in [1.54, 1.807) is 0 Å². The molecule has 1 aromatic rings. The highest BCUT2D eigenvalue weighted by Crippen LogP contribution is 2.35. The number of hydrogen-bond acceptors (Lipinski definition) is 3. The van der Waals surface area contributed by atoms with E-state index in [1.165, 1.54) is 50.6 Å². The lowest BCUT2D eigenvalue weighted by Gasteiger charge is -2.25. The lowest BCUT2D eigenvalue weighted by Crippen LogP contribution is -2.23. The van der Waals surface area contributed by atoms with E-state index in [1.807, 2.05) is 6.20 Å². The zero-order chi connectivity index (χ0) is 11.5. The van der Waals surface area contributed by atoms with Gasteiger partial charge in [-0.15, -0.1) is 0 Å². The summed E-state index contributed by atoms with van der Waals surface area (Å²) < 4.78 is 0. The standard InChI is InChI=1S/C14H21N3/c1-2-7-13(15-9-3-1)14-16-10-8-12(17-14)11-5-4-6-11/h8,10-11,13,15H,1-7,9H2. The maximum atomic E-state index is 4.79. The Labute approximate surface area is 103 Å². The van der Waals surface area contributed by atoms with Gasteiger partial charge in [0.2, 0.25) is 0 Å². The zero-order valence-electron chi connectivity index (χ0n) is 10.4. The lowest BCUT2D eigenvalue weighted by molar-refractivity contribution is 0.405. The number of aromatic nitrogens is 2. The van der Waals surface area contributed by atoms with Crippen LogP contribution in [0.25, 0.3) is 0 Å². The van der Waals surface area contributed by atoms with Gasteiger partial charge in [-0.1, -0.05) is 19.3 Å². The minimum Gasteiger partial charge on any atom is -0.307 e. The molecule has 1 aliphatic carbocycles. The molecule has 0 radical (unpaired) electrons. The van der Waals surface area contributed by atoms with Crippen LogP contribution in [0, 0.1) is 0 Å². The Bertz CT molecular complexity index is 365. The smallest absolute Gasteiger partial charge is 0.145 e. The maximum absolute atomic E-state index is 4.79. The van der Waals surface area contributed by atoms with Crippen LogP contribution in [0.5, 0.6) is 0 Å². The highest BCUT2D eigenvalue weighted by Gasteiger charge is 2.23. The van der Waals surface area contributed by atoms with Gasteiger partial charge in [0.1, 0.15) is 5.82 Å². The first-order valence-corrected chi connectivity index (χ1v) is 7.00. The summed E-state index contributed by atoms with van der Waals surface area (Å²) in [4.78, 5) is 9.26. The molecule has 1 unspecified atom stereocenters. The van der Waals surface area contributed by atoms with Gasteiger partial charge in [-0.05, 0) is 38.3 Å². The van der Waals surface area contributed by atoms with Gasteiger partial charge in [0.15, 0.2) is 0 Å². The predicted molar refractivity (Wildman–Crippen MR) is 67.8 cm³/mol. The molecule has 3 rings (SSSR count). The first-order chi connectivity index (χ1) is 8.43. The van der Waals surface area contributed by atoms with E-state index in [0.29, 0.717) is 12.0 Å². The average Bonchev–Trinajstić information content (AvgIpc) is 2.55. The second-order valence-electron chi connectivity index (χ2n) is 5.32. The predicted octanol–water partition coefficient (Wildman–Crippen LogP) is 2.95. The molecule has 0 bridgehead atoms. The van der Waals surface area contributed by atoms with Gasteiger partial charge >= 0.3 is 0 Å². The molecule has 1 aliphatic heterocycles. The van der Waals surface area contributed by atoms with E-state index in [4.69, 9.17) is 4.98 Å². The van der Waals surface area contributed by atoms with E-state index in [9.17, 15) is 0 Å². The van der Waals surface area contributed by atoms with E-state index in [0.717, 1.165) is 12.4 Å². The minimum absolute atomic E-state index is 0.387. The van der Waals surface area contributed by atoms with E-state index in [2.05, 4.69) is 16.4 Å². The summed E-state index contributed by atoms with van der Waals surface area (Å²) in [5, 5.41) is 3.58. The van der Waals surface area contributed by atoms with Gasteiger partial charge in [-0.2, -0.15) is 0 Å². The highest BCUT2D eigenvalue weighted by atomic mass is 15.0. The molecule has 0 spiro atoms. The van der Waals surface area contributed by atoms with Crippen LogP contribution in [-0.4, -0.2) is 16.5 Å². The van der Waals surface area contributed by atoms with E-state index in [-0.39, 0.29) is 0 Å². The molecule has 17 heavy (non-hydrogen) atoms. The molecular formula is C14H21N3. The summed E-state index contributed by atoms with van der Waals surface area (Å²) in [5.74, 6) is 1.74. The Morgan fingerprint density at radius 3 is 2.82 bits per heavy atom. The number of hydrogen-bond donors (Lipinski definition) is 1. The molecule has 0 aromatic carbocycles. The van der Waals surface area contributed by atoms with Crippen LogP contribution in [0.3, 0.4) is 0 Å². The first-order valence-electron chi connectivity index (χ1n) is 7.00. The maximum Gasteiger partial charge on any atom is 0.145 e. The number of nitrogens with zero attached hydrogens (tertiary/aromatic N) is 2. The zero-order valence-corrected chi connectivity index (χ0v) is 10.4. The minimum atomic E-state index is 0.387. The van der Waals surface area contributed by atoms with Crippen molar-refractivity contribution < 1.29 is 0 Å². The van der Waals surface area contributed by atoms with Crippen LogP contribution >= 0.6 is 0 Å². The molecule has 0 amide bonds. The van der Waals surface area contributed by atoms with Gasteiger partial charge in [0, 0.05) is 17.8 Å². The van der Waals surface area contributed by atoms with Crippen molar-refractivity contribution in [3.05, 3.63) is 23.8 Å². The van der Waals surface area contributed by atoms with E-state index >= 15 is 0 Å². The largest absolute Gasteiger partial charge is 0.307 e. The quantitative estimate of drug-likeness (QED) is 0.850. The van der Waals surface area contributed by atoms with Crippen molar-refractivity contribution in [1.29, 1.82) is 0 Å². The summed E-state index contributed by atoms with van der Waals surface area (Å²) in [5.41, 5.74) is 1.27. The lowest BCUT2D eigenvalue weighted by atomic mass is 9.83. The second kappa shape index (κ2) is 5.13. The van der Waals surface area contributed by atoms with Crippen molar-refractivity contribution >= 4 is 0 Å². The van der Waals surface area contributed by atoms with E-state index < -0.39 is 0 Å². The summed E-state index contributed by atoms with van der Waals surface area (Å²) in [7, 11) is 0. The average molecular weight is 231 g/mol. The van der Waals surface area contributed by atoms with Crippen molar-refractivity contribution in [3.8, 4) is 0 Å². The molecule has 1 saturated carbocycles. The molecule has 92 valence electrons. The second-order valence-corrected chi connectivity index (χ2v) is 5.32. The normalized spacial score (nSPS) is 26.2. The number of nitrogens with one attached hydrogen (secondary N) is 1. The van der Waals surface area contributed by atoms with Crippen molar-refractivity contribution in [1.82, 2.24) is 15.3 Å². The van der Waals surface area contributed by atoms with Crippen molar-refractivity contribution in [2.75, 3.05) is 6.54 Å². The summed E-state index contributed by atoms with van der Waals surface area (Å²) >= 11 is 0. The summed E-state index contributed by atoms with van der Waals surface area (Å²) in [6.07, 6.45) is 11.1. The molecule has 3 nitrogen and oxygen atoms in total. The molecule has 2 aliphatic rings. The Morgan fingerprint density at radius 1 is 1.06 bits per heavy atom. The molecular weight excluding hydrogens is 210 g/mol. The molecule has 1 atom stereocenters. The third-order valence-corrected chi connectivity index (χ3v) is 4.09. The van der Waals surface area contributed by atoms with Crippen LogP contribution in [-0.2, 0) is 0 Å². The van der Waals surface area contributed by atoms with Gasteiger partial charge < -0.3 is 5.32 Å². The summed E-state index contributed by atoms with van der Waals surface area (Å²) in [6.45, 7) is 1.11. The van der Waals surface area contributed by atoms with Crippen molar-refractivity contribution in [3.63, 3.8) is 0 Å². The first kappa shape index (κ1) is 11.1. The van der Waals surface area contributed by atoms with Gasteiger partial charge in [-0.25, -0.2) is 9.97 Å². The highest BCUT2D eigenvalue weighted by molar-refractivity contribution is 5.12. The fourth-order valence-corrected chi connectivity index (χ4v) is 2.74. The van der Waals surface area contributed by atoms with Crippen LogP contribution in [0.1, 0.15) is 68.4 Å². The monoisotopic (exact) mass is 231 g/mol. The summed E-state index contributed by atoms with van der Waals surface area (Å²) in [6, 6.07) is 2.49. The van der Waals surface area contributed by atoms with Crippen molar-refractivity contribution in [2.45, 2.75) is 56.9 Å². The molecule has 2 heterocycles.